The highest BCUT2D eigenvalue weighted by molar-refractivity contribution is 5.83. The number of nitrogens with one attached hydrogen (secondary N) is 1. The summed E-state index contributed by atoms with van der Waals surface area (Å²) < 4.78 is 67.8. The molecule has 12 nitrogen and oxygen atoms in total. The Hall–Kier alpha value is -4.57. The number of aliphatic hydroxyl groups excluding tert-OH is 1. The molecule has 0 spiro atoms. The van der Waals surface area contributed by atoms with E-state index in [0.717, 1.165) is 19.2 Å². The maximum atomic E-state index is 14.6. The standard InChI is InChI=1S/C29H32F4N8O4/c1-3-22(42)45-15-39-27-23-28(37-13-36-27)41(14-38-23)11-17-9-20(16-7-18(30)24(44-2)19(31)8-16)35-10-21(17)40-6-4-5-29(34,12-40)25(43)26(32)33/h7-10,13-14,25-26,43H,3-6,11-12,15,34H2,1-2H3,(H,36,37,39)/t25-,29+/m1/s1. The number of aliphatic hydroxyl groups is 1. The van der Waals surface area contributed by atoms with Gasteiger partial charge in [0.05, 0.1) is 43.1 Å². The molecule has 1 aromatic carbocycles. The van der Waals surface area contributed by atoms with E-state index in [0.29, 0.717) is 41.2 Å². The number of halogens is 4. The molecule has 2 atom stereocenters. The second-order valence-corrected chi connectivity index (χ2v) is 10.7. The Morgan fingerprint density at radius 2 is 1.93 bits per heavy atom. The second-order valence-electron chi connectivity index (χ2n) is 10.7. The van der Waals surface area contributed by atoms with Crippen molar-refractivity contribution < 1.29 is 36.9 Å². The third-order valence-electron chi connectivity index (χ3n) is 7.69. The van der Waals surface area contributed by atoms with Gasteiger partial charge in [0.1, 0.15) is 12.4 Å². The number of hydrogen-bond donors (Lipinski definition) is 3. The van der Waals surface area contributed by atoms with E-state index >= 15 is 0 Å². The molecule has 0 unspecified atom stereocenters. The Balaban J connectivity index is 1.54. The second kappa shape index (κ2) is 13.2. The molecule has 0 radical (unpaired) electrons. The summed E-state index contributed by atoms with van der Waals surface area (Å²) in [5.41, 5.74) is 7.00. The summed E-state index contributed by atoms with van der Waals surface area (Å²) >= 11 is 0. The Kier molecular flexibility index (Phi) is 9.34. The monoisotopic (exact) mass is 632 g/mol. The van der Waals surface area contributed by atoms with Crippen molar-refractivity contribution in [3.05, 3.63) is 54.2 Å². The van der Waals surface area contributed by atoms with E-state index in [1.165, 1.54) is 18.9 Å². The molecular weight excluding hydrogens is 600 g/mol. The minimum Gasteiger partial charge on any atom is -0.491 e. The fourth-order valence-corrected chi connectivity index (χ4v) is 5.37. The SMILES string of the molecule is CCC(=O)OCNc1ncnc2c1ncn2Cc1cc(-c2cc(F)c(OC)c(F)c2)ncc1N1CCC[C@@](N)([C@H](O)C(F)F)C1. The van der Waals surface area contributed by atoms with Crippen molar-refractivity contribution in [2.75, 3.05) is 37.1 Å². The summed E-state index contributed by atoms with van der Waals surface area (Å²) in [6.45, 7) is 2.02. The van der Waals surface area contributed by atoms with Crippen molar-refractivity contribution in [2.24, 2.45) is 5.73 Å². The van der Waals surface area contributed by atoms with Crippen LogP contribution in [0.2, 0.25) is 0 Å². The number of carbonyl (C=O) groups excluding carboxylic acids is 1. The number of benzene rings is 1. The van der Waals surface area contributed by atoms with Gasteiger partial charge < -0.3 is 35.1 Å². The van der Waals surface area contributed by atoms with Gasteiger partial charge in [-0.3, -0.25) is 9.78 Å². The van der Waals surface area contributed by atoms with Crippen LogP contribution in [0.15, 0.2) is 37.1 Å². The first-order valence-corrected chi connectivity index (χ1v) is 14.1. The number of methoxy groups -OCH3 is 1. The molecule has 1 fully saturated rings. The maximum absolute atomic E-state index is 14.6. The van der Waals surface area contributed by atoms with E-state index in [9.17, 15) is 27.5 Å². The maximum Gasteiger partial charge on any atom is 0.307 e. The number of piperidine rings is 1. The fourth-order valence-electron chi connectivity index (χ4n) is 5.37. The molecule has 45 heavy (non-hydrogen) atoms. The Morgan fingerprint density at radius 1 is 1.18 bits per heavy atom. The van der Waals surface area contributed by atoms with Crippen LogP contribution in [0.4, 0.5) is 29.1 Å². The lowest BCUT2D eigenvalue weighted by Gasteiger charge is -2.44. The molecule has 1 aliphatic rings. The van der Waals surface area contributed by atoms with Crippen LogP contribution < -0.4 is 20.7 Å². The highest BCUT2D eigenvalue weighted by Gasteiger charge is 2.43. The first-order valence-electron chi connectivity index (χ1n) is 14.1. The zero-order valence-corrected chi connectivity index (χ0v) is 24.5. The van der Waals surface area contributed by atoms with E-state index in [-0.39, 0.29) is 43.9 Å². The Morgan fingerprint density at radius 3 is 2.62 bits per heavy atom. The van der Waals surface area contributed by atoms with Gasteiger partial charge in [-0.05, 0) is 36.6 Å². The smallest absolute Gasteiger partial charge is 0.307 e. The molecule has 4 N–H and O–H groups in total. The van der Waals surface area contributed by atoms with Crippen molar-refractivity contribution in [3.63, 3.8) is 0 Å². The zero-order chi connectivity index (χ0) is 32.3. The van der Waals surface area contributed by atoms with Crippen LogP contribution in [0.3, 0.4) is 0 Å². The van der Waals surface area contributed by atoms with Gasteiger partial charge in [-0.15, -0.1) is 0 Å². The number of esters is 1. The fraction of sp³-hybridized carbons (Fsp3) is 0.414. The summed E-state index contributed by atoms with van der Waals surface area (Å²) in [6, 6.07) is 3.83. The lowest BCUT2D eigenvalue weighted by Crippen LogP contribution is -2.63. The molecule has 1 saturated heterocycles. The molecule has 5 rings (SSSR count). The average molecular weight is 633 g/mol. The minimum absolute atomic E-state index is 0.0876. The van der Waals surface area contributed by atoms with E-state index in [4.69, 9.17) is 15.2 Å². The van der Waals surface area contributed by atoms with Crippen molar-refractivity contribution in [3.8, 4) is 17.0 Å². The summed E-state index contributed by atoms with van der Waals surface area (Å²) in [5, 5.41) is 13.1. The number of nitrogens with two attached hydrogens (primary N) is 1. The topological polar surface area (TPSA) is 154 Å². The summed E-state index contributed by atoms with van der Waals surface area (Å²) in [7, 11) is 1.16. The van der Waals surface area contributed by atoms with Gasteiger partial charge in [0.15, 0.2) is 41.1 Å². The number of ether oxygens (including phenoxy) is 2. The quantitative estimate of drug-likeness (QED) is 0.127. The van der Waals surface area contributed by atoms with Crippen molar-refractivity contribution in [1.29, 1.82) is 0 Å². The van der Waals surface area contributed by atoms with Crippen molar-refractivity contribution in [2.45, 2.75) is 50.8 Å². The molecule has 0 aliphatic carbocycles. The van der Waals surface area contributed by atoms with Crippen LogP contribution in [0.5, 0.6) is 5.75 Å². The first-order chi connectivity index (χ1) is 21.5. The van der Waals surface area contributed by atoms with Crippen LogP contribution in [0.1, 0.15) is 31.7 Å². The van der Waals surface area contributed by atoms with Crippen LogP contribution in [0, 0.1) is 11.6 Å². The summed E-state index contributed by atoms with van der Waals surface area (Å²) in [4.78, 5) is 30.7. The van der Waals surface area contributed by atoms with Crippen molar-refractivity contribution >= 4 is 28.6 Å². The molecule has 240 valence electrons. The number of rotatable bonds is 11. The first kappa shape index (κ1) is 31.8. The highest BCUT2D eigenvalue weighted by Crippen LogP contribution is 2.34. The molecule has 3 aromatic heterocycles. The summed E-state index contributed by atoms with van der Waals surface area (Å²) in [5.74, 6) is -2.42. The molecule has 0 saturated carbocycles. The van der Waals surface area contributed by atoms with Crippen LogP contribution in [-0.2, 0) is 16.1 Å². The van der Waals surface area contributed by atoms with Gasteiger partial charge in [0, 0.05) is 25.1 Å². The van der Waals surface area contributed by atoms with E-state index in [2.05, 4.69) is 25.3 Å². The summed E-state index contributed by atoms with van der Waals surface area (Å²) in [6.07, 6.45) is 0.0636. The van der Waals surface area contributed by atoms with E-state index < -0.39 is 41.4 Å². The molecule has 1 aliphatic heterocycles. The molecule has 0 bridgehead atoms. The lowest BCUT2D eigenvalue weighted by atomic mass is 9.84. The number of alkyl halides is 2. The number of carbonyl (C=O) groups is 1. The number of aromatic nitrogens is 5. The van der Waals surface area contributed by atoms with Gasteiger partial charge in [0.25, 0.3) is 6.43 Å². The number of fused-ring (bicyclic) bond motifs is 1. The Labute approximate surface area is 255 Å². The molecule has 4 heterocycles. The van der Waals surface area contributed by atoms with Gasteiger partial charge in [-0.2, -0.15) is 0 Å². The number of imidazole rings is 1. The van der Waals surface area contributed by atoms with Crippen LogP contribution >= 0.6 is 0 Å². The normalized spacial score (nSPS) is 17.5. The minimum atomic E-state index is -3.03. The number of anilines is 2. The van der Waals surface area contributed by atoms with E-state index in [1.54, 1.807) is 22.5 Å². The highest BCUT2D eigenvalue weighted by atomic mass is 19.3. The number of pyridine rings is 1. The number of hydrogen-bond acceptors (Lipinski definition) is 11. The van der Waals surface area contributed by atoms with Crippen LogP contribution in [0.25, 0.3) is 22.4 Å². The van der Waals surface area contributed by atoms with Gasteiger partial charge in [-0.1, -0.05) is 6.92 Å². The molecular formula is C29H32F4N8O4. The molecule has 16 heteroatoms. The molecule has 0 amide bonds. The van der Waals surface area contributed by atoms with Gasteiger partial charge >= 0.3 is 5.97 Å². The number of nitrogens with zero attached hydrogens (tertiary/aromatic N) is 6. The van der Waals surface area contributed by atoms with Gasteiger partial charge in [0.2, 0.25) is 0 Å². The Bertz CT molecular complexity index is 1670. The third-order valence-corrected chi connectivity index (χ3v) is 7.69. The van der Waals surface area contributed by atoms with Crippen molar-refractivity contribution in [1.82, 2.24) is 24.5 Å². The largest absolute Gasteiger partial charge is 0.491 e. The van der Waals surface area contributed by atoms with E-state index in [1.807, 2.05) is 0 Å². The zero-order valence-electron chi connectivity index (χ0n) is 24.5. The third kappa shape index (κ3) is 6.61. The lowest BCUT2D eigenvalue weighted by molar-refractivity contribution is -0.142. The average Bonchev–Trinajstić information content (AvgIpc) is 3.43. The predicted octanol–water partition coefficient (Wildman–Crippen LogP) is 3.47. The predicted molar refractivity (Wildman–Crippen MR) is 156 cm³/mol. The van der Waals surface area contributed by atoms with Gasteiger partial charge in [-0.25, -0.2) is 32.5 Å². The molecule has 4 aromatic rings. The van der Waals surface area contributed by atoms with Crippen LogP contribution in [-0.4, -0.2) is 80.6 Å².